The summed E-state index contributed by atoms with van der Waals surface area (Å²) in [6.07, 6.45) is 22.2. The largest absolute Gasteiger partial charge is 0.463 e. The molecule has 13 rings (SSSR count). The number of cyclic esters (lactones) is 1. The molecule has 91 heavy (non-hydrogen) atoms. The molecule has 0 N–H and O–H groups in total. The van der Waals surface area contributed by atoms with Crippen molar-refractivity contribution >= 4 is 51.9 Å². The van der Waals surface area contributed by atoms with E-state index in [1.807, 2.05) is 62.3 Å². The van der Waals surface area contributed by atoms with Crippen LogP contribution < -0.4 is 0 Å². The Morgan fingerprint density at radius 3 is 1.49 bits per heavy atom. The molecule has 0 radical (unpaired) electrons. The lowest BCUT2D eigenvalue weighted by atomic mass is 9.47. The van der Waals surface area contributed by atoms with Crippen LogP contribution in [0.2, 0.25) is 0 Å². The Balaban J connectivity index is 0.000000164. The third kappa shape index (κ3) is 16.7. The fourth-order valence-corrected chi connectivity index (χ4v) is 19.1. The highest BCUT2D eigenvalue weighted by atomic mass is 32.2. The average Bonchev–Trinajstić information content (AvgIpc) is 1.68. The van der Waals surface area contributed by atoms with E-state index in [0.717, 1.165) is 75.0 Å². The summed E-state index contributed by atoms with van der Waals surface area (Å²) in [4.78, 5) is 83.4. The zero-order valence-corrected chi connectivity index (χ0v) is 60.3. The smallest absolute Gasteiger partial charge is 0.347 e. The molecule has 0 amide bonds. The Labute approximate surface area is 547 Å². The summed E-state index contributed by atoms with van der Waals surface area (Å²) >= 11 is 0. The van der Waals surface area contributed by atoms with Crippen LogP contribution in [0.15, 0.2) is 0 Å². The molecule has 11 saturated carbocycles. The standard InChI is InChI=1S/C19H32O2.C17H28O2.C15H22O7S.C12H22O2.C10H16O4/c1-6-18(4,5)17(20)21-19(12(2)3)15-8-13-7-14(10-15)11-16(19)9-13;1-5-15(2,3)14(18)19-17-9-12-6-13(10-17)8-16(4,7-12)11-17;1-4-15(2,3)14(17)20-7-11(16)21-12-8-5-9-10(6-8)23(18,19)22-13(9)12;1-5-11(2,3)10(13)14-12(4)8-6-7-9-12;1-4-10(2,3)9(12)14-7-5-6-13-8(7)11/h12-16H,6-11H2,1-5H3;12-13H,5-11H2,1-4H3;8-10,12-13H,4-7H2,1-3H3;5-9H2,1-4H3;7H,4-6H2,1-3H3. The van der Waals surface area contributed by atoms with Gasteiger partial charge in [0.25, 0.3) is 10.1 Å². The van der Waals surface area contributed by atoms with E-state index in [2.05, 4.69) is 41.5 Å². The van der Waals surface area contributed by atoms with E-state index in [1.54, 1.807) is 27.7 Å². The quantitative estimate of drug-likeness (QED) is 0.0706. The summed E-state index contributed by atoms with van der Waals surface area (Å²) in [7, 11) is -3.53. The summed E-state index contributed by atoms with van der Waals surface area (Å²) in [6, 6.07) is 0. The molecule has 2 heterocycles. The maximum absolute atomic E-state index is 12.8. The van der Waals surface area contributed by atoms with Gasteiger partial charge in [-0.15, -0.1) is 0 Å². The van der Waals surface area contributed by atoms with Crippen molar-refractivity contribution in [3.05, 3.63) is 0 Å². The predicted octanol–water partition coefficient (Wildman–Crippen LogP) is 14.7. The number of carbonyl (C=O) groups is 7. The normalized spacial score (nSPS) is 34.8. The molecule has 0 aromatic heterocycles. The lowest BCUT2D eigenvalue weighted by Crippen LogP contribution is -2.63. The van der Waals surface area contributed by atoms with Gasteiger partial charge < -0.3 is 33.2 Å². The summed E-state index contributed by atoms with van der Waals surface area (Å²) in [6.45, 7) is 37.9. The van der Waals surface area contributed by atoms with Crippen molar-refractivity contribution in [2.45, 2.75) is 320 Å². The summed E-state index contributed by atoms with van der Waals surface area (Å²) < 4.78 is 67.1. The fraction of sp³-hybridized carbons (Fsp3) is 0.904. The number of fused-ring (bicyclic) bond motifs is 1. The molecule has 8 atom stereocenters. The Bertz CT molecular complexity index is 2690. The topological polar surface area (TPSA) is 227 Å². The second kappa shape index (κ2) is 28.1. The van der Waals surface area contributed by atoms with Crippen LogP contribution in [0.25, 0.3) is 0 Å². The average molecular weight is 1300 g/mol. The molecule has 17 nitrogen and oxygen atoms in total. The van der Waals surface area contributed by atoms with Gasteiger partial charge in [0.1, 0.15) is 29.0 Å². The summed E-state index contributed by atoms with van der Waals surface area (Å²) in [5, 5.41) is -0.448. The van der Waals surface area contributed by atoms with E-state index in [-0.39, 0.29) is 68.8 Å². The molecule has 520 valence electrons. The van der Waals surface area contributed by atoms with Gasteiger partial charge >= 0.3 is 41.8 Å². The van der Waals surface area contributed by atoms with Crippen molar-refractivity contribution in [2.75, 3.05) is 13.2 Å². The highest BCUT2D eigenvalue weighted by Gasteiger charge is 2.66. The van der Waals surface area contributed by atoms with Crippen molar-refractivity contribution in [2.24, 2.45) is 85.8 Å². The summed E-state index contributed by atoms with van der Waals surface area (Å²) in [5.41, 5.74) is -2.19. The molecule has 2 saturated heterocycles. The van der Waals surface area contributed by atoms with Crippen molar-refractivity contribution in [1.29, 1.82) is 0 Å². The molecular formula is C73H120O17S. The minimum absolute atomic E-state index is 0.0130. The molecular weight excluding hydrogens is 1180 g/mol. The van der Waals surface area contributed by atoms with Gasteiger partial charge in [-0.2, -0.15) is 8.42 Å². The van der Waals surface area contributed by atoms with E-state index in [1.165, 1.54) is 64.2 Å². The highest BCUT2D eigenvalue weighted by Crippen LogP contribution is 2.64. The van der Waals surface area contributed by atoms with E-state index in [0.29, 0.717) is 61.9 Å². The molecule has 18 heteroatoms. The monoisotopic (exact) mass is 1300 g/mol. The molecule has 0 aromatic rings. The van der Waals surface area contributed by atoms with Crippen LogP contribution in [0, 0.1) is 85.8 Å². The maximum Gasteiger partial charge on any atom is 0.347 e. The number of esters is 7. The van der Waals surface area contributed by atoms with Gasteiger partial charge in [0.05, 0.1) is 38.9 Å². The lowest BCUT2D eigenvalue weighted by molar-refractivity contribution is -0.231. The van der Waals surface area contributed by atoms with Crippen molar-refractivity contribution in [3.63, 3.8) is 0 Å². The molecule has 0 aromatic carbocycles. The number of rotatable bonds is 18. The maximum atomic E-state index is 12.8. The van der Waals surface area contributed by atoms with Crippen molar-refractivity contribution in [3.8, 4) is 0 Å². The van der Waals surface area contributed by atoms with E-state index >= 15 is 0 Å². The Morgan fingerprint density at radius 1 is 0.571 bits per heavy atom. The highest BCUT2D eigenvalue weighted by molar-refractivity contribution is 7.87. The van der Waals surface area contributed by atoms with Gasteiger partial charge in [0.15, 0.2) is 6.61 Å². The van der Waals surface area contributed by atoms with Crippen LogP contribution in [-0.4, -0.2) is 104 Å². The number of ether oxygens (including phenoxy) is 7. The number of carbonyl (C=O) groups excluding carboxylic acids is 7. The number of hydrogen-bond donors (Lipinski definition) is 0. The van der Waals surface area contributed by atoms with Crippen LogP contribution in [0.3, 0.4) is 0 Å². The zero-order chi connectivity index (χ0) is 67.9. The minimum atomic E-state index is -3.53. The molecule has 8 unspecified atom stereocenters. The first-order chi connectivity index (χ1) is 42.1. The first kappa shape index (κ1) is 74.6. The first-order valence-corrected chi connectivity index (χ1v) is 36.9. The zero-order valence-electron chi connectivity index (χ0n) is 59.5. The van der Waals surface area contributed by atoms with Gasteiger partial charge in [0.2, 0.25) is 6.10 Å². The Hall–Kier alpha value is -3.80. The van der Waals surface area contributed by atoms with Crippen LogP contribution in [0.4, 0.5) is 0 Å². The summed E-state index contributed by atoms with van der Waals surface area (Å²) in [5.74, 6) is 3.20. The second-order valence-electron chi connectivity index (χ2n) is 34.1. The molecule has 10 bridgehead atoms. The molecule has 13 fully saturated rings. The third-order valence-corrected chi connectivity index (χ3v) is 26.3. The van der Waals surface area contributed by atoms with Gasteiger partial charge in [0, 0.05) is 18.3 Å². The van der Waals surface area contributed by atoms with Crippen LogP contribution >= 0.6 is 0 Å². The predicted molar refractivity (Wildman–Crippen MR) is 346 cm³/mol. The van der Waals surface area contributed by atoms with Crippen LogP contribution in [0.1, 0.15) is 279 Å². The second-order valence-corrected chi connectivity index (χ2v) is 35.9. The Kier molecular flexibility index (Phi) is 23.0. The van der Waals surface area contributed by atoms with Gasteiger partial charge in [-0.25, -0.2) is 9.59 Å². The van der Waals surface area contributed by atoms with Gasteiger partial charge in [-0.1, -0.05) is 55.4 Å². The molecule has 2 aliphatic heterocycles. The van der Waals surface area contributed by atoms with Crippen molar-refractivity contribution in [1.82, 2.24) is 0 Å². The molecule has 0 spiro atoms. The number of hydrogen-bond acceptors (Lipinski definition) is 17. The fourth-order valence-electron chi connectivity index (χ4n) is 17.3. The van der Waals surface area contributed by atoms with Gasteiger partial charge in [-0.05, 0) is 264 Å². The van der Waals surface area contributed by atoms with Gasteiger partial charge in [-0.3, -0.25) is 28.2 Å². The minimum Gasteiger partial charge on any atom is -0.463 e. The van der Waals surface area contributed by atoms with Crippen LogP contribution in [0.5, 0.6) is 0 Å². The lowest BCUT2D eigenvalue weighted by Gasteiger charge is -2.62. The van der Waals surface area contributed by atoms with Crippen molar-refractivity contribution < 1.29 is 79.3 Å². The van der Waals surface area contributed by atoms with E-state index in [4.69, 9.17) is 37.3 Å². The van der Waals surface area contributed by atoms with E-state index < -0.39 is 69.0 Å². The SMILES string of the molecule is CCC(C)(C)C(=O)OC1(C(C)C)C2CC3CC(C2)CC1C3.CCC(C)(C)C(=O)OC1(C)CCCC1.CCC(C)(C)C(=O)OC12CC3CC(CC(C)(C3)C1)C2.CCC(C)(C)C(=O)OC1CCOC1=O.CCC(C)(C)C(=O)OCC(=O)OC1C2CC3C1OS(=O)(=O)C3C2. The molecule has 11 aliphatic carbocycles. The van der Waals surface area contributed by atoms with E-state index in [9.17, 15) is 42.0 Å². The van der Waals surface area contributed by atoms with Crippen LogP contribution in [-0.2, 0) is 81.0 Å². The first-order valence-electron chi connectivity index (χ1n) is 35.4. The third-order valence-electron chi connectivity index (χ3n) is 24.5. The molecule has 13 aliphatic rings. The Morgan fingerprint density at radius 2 is 1.03 bits per heavy atom.